The Bertz CT molecular complexity index is 675. The van der Waals surface area contributed by atoms with Crippen LogP contribution in [0.2, 0.25) is 0 Å². The molecule has 7 heteroatoms. The molecule has 3 rings (SSSR count). The summed E-state index contributed by atoms with van der Waals surface area (Å²) < 4.78 is 19.5. The highest BCUT2D eigenvalue weighted by molar-refractivity contribution is 5.68. The van der Waals surface area contributed by atoms with E-state index in [-0.39, 0.29) is 18.0 Å². The van der Waals surface area contributed by atoms with Crippen LogP contribution in [0.5, 0.6) is 0 Å². The van der Waals surface area contributed by atoms with Gasteiger partial charge in [0.25, 0.3) is 0 Å². The van der Waals surface area contributed by atoms with E-state index in [0.717, 1.165) is 51.9 Å². The van der Waals surface area contributed by atoms with E-state index >= 15 is 0 Å². The van der Waals surface area contributed by atoms with Crippen molar-refractivity contribution >= 4 is 17.5 Å². The Hall–Kier alpha value is -2.02. The molecule has 2 aliphatic rings. The predicted octanol–water partition coefficient (Wildman–Crippen LogP) is 3.37. The van der Waals surface area contributed by atoms with Crippen LogP contribution >= 0.6 is 0 Å². The number of ether oxygens (including phenoxy) is 1. The first-order chi connectivity index (χ1) is 13.2. The number of piperazine rings is 1. The highest BCUT2D eigenvalue weighted by Crippen LogP contribution is 2.27. The van der Waals surface area contributed by atoms with Gasteiger partial charge < -0.3 is 20.7 Å². The molecule has 0 bridgehead atoms. The second-order valence-electron chi connectivity index (χ2n) is 8.89. The van der Waals surface area contributed by atoms with Crippen molar-refractivity contribution in [1.82, 2.24) is 10.2 Å². The molecule has 0 radical (unpaired) electrons. The Kier molecular flexibility index (Phi) is 6.33. The average molecular weight is 393 g/mol. The number of nitrogens with one attached hydrogen (secondary N) is 1. The number of nitrogens with zero attached hydrogens (tertiary/aromatic N) is 2. The minimum absolute atomic E-state index is 0.191. The largest absolute Gasteiger partial charge is 0.444 e. The molecule has 1 aliphatic carbocycles. The Morgan fingerprint density at radius 1 is 1.14 bits per heavy atom. The number of benzene rings is 1. The van der Waals surface area contributed by atoms with E-state index < -0.39 is 5.60 Å². The highest BCUT2D eigenvalue weighted by Gasteiger charge is 2.30. The zero-order valence-corrected chi connectivity index (χ0v) is 17.2. The minimum Gasteiger partial charge on any atom is -0.444 e. The third-order valence-corrected chi connectivity index (χ3v) is 5.56. The van der Waals surface area contributed by atoms with Crippen LogP contribution in [-0.4, -0.2) is 54.9 Å². The quantitative estimate of drug-likeness (QED) is 0.772. The Morgan fingerprint density at radius 2 is 1.79 bits per heavy atom. The fourth-order valence-electron chi connectivity index (χ4n) is 4.17. The molecule has 6 nitrogen and oxygen atoms in total. The molecule has 1 saturated heterocycles. The smallest absolute Gasteiger partial charge is 0.407 e. The van der Waals surface area contributed by atoms with Crippen molar-refractivity contribution in [1.29, 1.82) is 0 Å². The second kappa shape index (κ2) is 8.55. The van der Waals surface area contributed by atoms with Crippen molar-refractivity contribution < 1.29 is 13.9 Å². The van der Waals surface area contributed by atoms with E-state index in [1.165, 1.54) is 6.07 Å². The molecule has 0 unspecified atom stereocenters. The van der Waals surface area contributed by atoms with Crippen molar-refractivity contribution in [2.24, 2.45) is 0 Å². The van der Waals surface area contributed by atoms with Gasteiger partial charge in [-0.1, -0.05) is 0 Å². The Balaban J connectivity index is 1.43. The first-order valence-corrected chi connectivity index (χ1v) is 10.2. The Labute approximate surface area is 167 Å². The summed E-state index contributed by atoms with van der Waals surface area (Å²) in [4.78, 5) is 16.5. The first kappa shape index (κ1) is 20.7. The van der Waals surface area contributed by atoms with Gasteiger partial charge >= 0.3 is 6.09 Å². The summed E-state index contributed by atoms with van der Waals surface area (Å²) in [5.74, 6) is -0.248. The van der Waals surface area contributed by atoms with Gasteiger partial charge in [0.1, 0.15) is 11.4 Å². The number of carbonyl (C=O) groups is 1. The molecule has 1 heterocycles. The molecule has 1 saturated carbocycles. The molecule has 28 heavy (non-hydrogen) atoms. The van der Waals surface area contributed by atoms with Crippen molar-refractivity contribution in [3.63, 3.8) is 0 Å². The number of carbonyl (C=O) groups excluding carboxylic acids is 1. The van der Waals surface area contributed by atoms with Crippen molar-refractivity contribution in [2.75, 3.05) is 36.8 Å². The maximum Gasteiger partial charge on any atom is 0.407 e. The van der Waals surface area contributed by atoms with E-state index in [9.17, 15) is 9.18 Å². The van der Waals surface area contributed by atoms with Crippen molar-refractivity contribution in [3.05, 3.63) is 24.0 Å². The van der Waals surface area contributed by atoms with Crippen LogP contribution in [-0.2, 0) is 4.74 Å². The molecule has 1 amide bonds. The summed E-state index contributed by atoms with van der Waals surface area (Å²) in [6.45, 7) is 9.11. The molecule has 3 N–H and O–H groups in total. The summed E-state index contributed by atoms with van der Waals surface area (Å²) in [5.41, 5.74) is 6.27. The lowest BCUT2D eigenvalue weighted by molar-refractivity contribution is 0.0475. The molecule has 1 aromatic rings. The molecule has 1 aliphatic heterocycles. The Morgan fingerprint density at radius 3 is 2.36 bits per heavy atom. The SMILES string of the molecule is CC(C)(C)OC(=O)NC1CCC(N2CCN(c3ccc(N)cc3F)CC2)CC1. The third kappa shape index (κ3) is 5.50. The second-order valence-corrected chi connectivity index (χ2v) is 8.89. The topological polar surface area (TPSA) is 70.8 Å². The number of anilines is 2. The van der Waals surface area contributed by atoms with E-state index in [1.54, 1.807) is 12.1 Å². The average Bonchev–Trinajstić information content (AvgIpc) is 2.61. The minimum atomic E-state index is -0.467. The molecule has 156 valence electrons. The summed E-state index contributed by atoms with van der Waals surface area (Å²) >= 11 is 0. The van der Waals surface area contributed by atoms with Gasteiger partial charge in [-0.3, -0.25) is 4.90 Å². The van der Waals surface area contributed by atoms with Gasteiger partial charge in [0.05, 0.1) is 5.69 Å². The predicted molar refractivity (Wildman–Crippen MR) is 110 cm³/mol. The third-order valence-electron chi connectivity index (χ3n) is 5.56. The number of nitrogens with two attached hydrogens (primary N) is 1. The number of hydrogen-bond donors (Lipinski definition) is 2. The van der Waals surface area contributed by atoms with E-state index in [0.29, 0.717) is 17.4 Å². The van der Waals surface area contributed by atoms with Crippen LogP contribution in [0.25, 0.3) is 0 Å². The summed E-state index contributed by atoms with van der Waals surface area (Å²) in [6.07, 6.45) is 3.75. The van der Waals surface area contributed by atoms with Gasteiger partial charge in [-0.25, -0.2) is 9.18 Å². The van der Waals surface area contributed by atoms with Crippen LogP contribution < -0.4 is 16.0 Å². The number of hydrogen-bond acceptors (Lipinski definition) is 5. The maximum atomic E-state index is 14.2. The van der Waals surface area contributed by atoms with E-state index in [4.69, 9.17) is 10.5 Å². The van der Waals surface area contributed by atoms with E-state index in [2.05, 4.69) is 15.1 Å². The zero-order valence-electron chi connectivity index (χ0n) is 17.2. The first-order valence-electron chi connectivity index (χ1n) is 10.2. The number of alkyl carbamates (subject to hydrolysis) is 1. The number of halogens is 1. The van der Waals surface area contributed by atoms with Crippen molar-refractivity contribution in [2.45, 2.75) is 64.1 Å². The molecular weight excluding hydrogens is 359 g/mol. The monoisotopic (exact) mass is 392 g/mol. The lowest BCUT2D eigenvalue weighted by Gasteiger charge is -2.42. The number of nitrogen functional groups attached to an aromatic ring is 1. The van der Waals surface area contributed by atoms with E-state index in [1.807, 2.05) is 20.8 Å². The van der Waals surface area contributed by atoms with Gasteiger partial charge in [-0.05, 0) is 64.7 Å². The maximum absolute atomic E-state index is 14.2. The summed E-state index contributed by atoms with van der Waals surface area (Å²) in [5, 5.41) is 3.00. The van der Waals surface area contributed by atoms with Gasteiger partial charge in [-0.2, -0.15) is 0 Å². The van der Waals surface area contributed by atoms with Crippen LogP contribution in [0, 0.1) is 5.82 Å². The molecule has 0 aromatic heterocycles. The normalized spacial score (nSPS) is 24.1. The molecule has 0 spiro atoms. The summed E-state index contributed by atoms with van der Waals surface area (Å²) in [7, 11) is 0. The fraction of sp³-hybridized carbons (Fsp3) is 0.667. The van der Waals surface area contributed by atoms with Crippen LogP contribution in [0.1, 0.15) is 46.5 Å². The fourth-order valence-corrected chi connectivity index (χ4v) is 4.17. The van der Waals surface area contributed by atoms with Gasteiger partial charge in [0, 0.05) is 44.0 Å². The van der Waals surface area contributed by atoms with Crippen LogP contribution in [0.15, 0.2) is 18.2 Å². The zero-order chi connectivity index (χ0) is 20.3. The van der Waals surface area contributed by atoms with Crippen LogP contribution in [0.3, 0.4) is 0 Å². The standard InChI is InChI=1S/C21H33FN4O2/c1-21(2,3)28-20(27)24-16-5-7-17(8-6-16)25-10-12-26(13-11-25)19-9-4-15(23)14-18(19)22/h4,9,14,16-17H,5-8,10-13,23H2,1-3H3,(H,24,27). The number of rotatable bonds is 3. The molecule has 1 aromatic carbocycles. The number of amides is 1. The molecule has 2 fully saturated rings. The van der Waals surface area contributed by atoms with Gasteiger partial charge in [0.15, 0.2) is 0 Å². The molecular formula is C21H33FN4O2. The highest BCUT2D eigenvalue weighted by atomic mass is 19.1. The van der Waals surface area contributed by atoms with Gasteiger partial charge in [0.2, 0.25) is 0 Å². The van der Waals surface area contributed by atoms with Crippen LogP contribution in [0.4, 0.5) is 20.6 Å². The summed E-state index contributed by atoms with van der Waals surface area (Å²) in [6, 6.07) is 5.64. The lowest BCUT2D eigenvalue weighted by atomic mass is 9.90. The van der Waals surface area contributed by atoms with Crippen molar-refractivity contribution in [3.8, 4) is 0 Å². The van der Waals surface area contributed by atoms with Gasteiger partial charge in [-0.15, -0.1) is 0 Å². The molecule has 0 atom stereocenters. The lowest BCUT2D eigenvalue weighted by Crippen LogP contribution is -2.52.